The van der Waals surface area contributed by atoms with E-state index < -0.39 is 0 Å². The van der Waals surface area contributed by atoms with Crippen LogP contribution in [0.25, 0.3) is 0 Å². The van der Waals surface area contributed by atoms with E-state index in [0.717, 1.165) is 5.56 Å². The molecule has 2 rings (SSSR count). The fourth-order valence-corrected chi connectivity index (χ4v) is 1.86. The molecule has 0 spiro atoms. The summed E-state index contributed by atoms with van der Waals surface area (Å²) in [7, 11) is 1.86. The van der Waals surface area contributed by atoms with Gasteiger partial charge in [0.05, 0.1) is 10.7 Å². The number of halogens is 2. The maximum absolute atomic E-state index is 13.1. The van der Waals surface area contributed by atoms with Crippen molar-refractivity contribution in [2.45, 2.75) is 6.54 Å². The SMILES string of the molecule is CNCc1ccncc1Oc1ccc(F)c(Br)c1. The lowest BCUT2D eigenvalue weighted by atomic mass is 10.2. The highest BCUT2D eigenvalue weighted by atomic mass is 79.9. The average molecular weight is 311 g/mol. The zero-order valence-electron chi connectivity index (χ0n) is 9.78. The normalized spacial score (nSPS) is 10.4. The van der Waals surface area contributed by atoms with Crippen LogP contribution in [0, 0.1) is 5.82 Å². The zero-order valence-corrected chi connectivity index (χ0v) is 11.4. The third kappa shape index (κ3) is 3.05. The van der Waals surface area contributed by atoms with E-state index in [1.165, 1.54) is 6.07 Å². The van der Waals surface area contributed by atoms with Gasteiger partial charge in [-0.3, -0.25) is 4.98 Å². The van der Waals surface area contributed by atoms with Crippen LogP contribution in [0.5, 0.6) is 11.5 Å². The maximum Gasteiger partial charge on any atom is 0.150 e. The smallest absolute Gasteiger partial charge is 0.150 e. The van der Waals surface area contributed by atoms with Gasteiger partial charge in [0.2, 0.25) is 0 Å². The lowest BCUT2D eigenvalue weighted by molar-refractivity contribution is 0.469. The standard InChI is InChI=1S/C13H12BrFN2O/c1-16-7-9-4-5-17-8-13(9)18-10-2-3-12(15)11(14)6-10/h2-6,8,16H,7H2,1H3. The van der Waals surface area contributed by atoms with Gasteiger partial charge in [0.1, 0.15) is 17.3 Å². The first kappa shape index (κ1) is 13.0. The zero-order chi connectivity index (χ0) is 13.0. The molecule has 0 bridgehead atoms. The molecular formula is C13H12BrFN2O. The molecule has 3 nitrogen and oxygen atoms in total. The molecule has 1 heterocycles. The van der Waals surface area contributed by atoms with Crippen molar-refractivity contribution in [3.05, 3.63) is 52.5 Å². The first-order valence-corrected chi connectivity index (χ1v) is 6.20. The molecule has 0 fully saturated rings. The van der Waals surface area contributed by atoms with E-state index in [-0.39, 0.29) is 5.82 Å². The monoisotopic (exact) mass is 310 g/mol. The molecule has 18 heavy (non-hydrogen) atoms. The first-order chi connectivity index (χ1) is 8.70. The van der Waals surface area contributed by atoms with Crippen molar-refractivity contribution in [1.82, 2.24) is 10.3 Å². The van der Waals surface area contributed by atoms with Crippen LogP contribution in [-0.4, -0.2) is 12.0 Å². The van der Waals surface area contributed by atoms with Gasteiger partial charge in [-0.2, -0.15) is 0 Å². The highest BCUT2D eigenvalue weighted by Crippen LogP contribution is 2.27. The van der Waals surface area contributed by atoms with Crippen molar-refractivity contribution in [1.29, 1.82) is 0 Å². The summed E-state index contributed by atoms with van der Waals surface area (Å²) >= 11 is 3.13. The predicted octanol–water partition coefficient (Wildman–Crippen LogP) is 3.49. The summed E-state index contributed by atoms with van der Waals surface area (Å²) in [5.41, 5.74) is 0.993. The Labute approximate surface area is 113 Å². The summed E-state index contributed by atoms with van der Waals surface area (Å²) in [6, 6.07) is 6.40. The molecule has 1 N–H and O–H groups in total. The summed E-state index contributed by atoms with van der Waals surface area (Å²) in [6.45, 7) is 0.681. The minimum atomic E-state index is -0.316. The Hall–Kier alpha value is -1.46. The molecule has 94 valence electrons. The number of ether oxygens (including phenoxy) is 1. The van der Waals surface area contributed by atoms with Gasteiger partial charge in [0.15, 0.2) is 0 Å². The van der Waals surface area contributed by atoms with Gasteiger partial charge in [-0.15, -0.1) is 0 Å². The minimum Gasteiger partial charge on any atom is -0.455 e. The molecule has 0 radical (unpaired) electrons. The molecule has 0 atom stereocenters. The average Bonchev–Trinajstić information content (AvgIpc) is 2.37. The largest absolute Gasteiger partial charge is 0.455 e. The Balaban J connectivity index is 2.25. The number of nitrogens with zero attached hydrogens (tertiary/aromatic N) is 1. The van der Waals surface area contributed by atoms with Gasteiger partial charge in [-0.1, -0.05) is 0 Å². The first-order valence-electron chi connectivity index (χ1n) is 5.41. The van der Waals surface area contributed by atoms with Gasteiger partial charge in [0, 0.05) is 18.3 Å². The third-order valence-corrected chi connectivity index (χ3v) is 2.96. The summed E-state index contributed by atoms with van der Waals surface area (Å²) in [6.07, 6.45) is 3.35. The fraction of sp³-hybridized carbons (Fsp3) is 0.154. The topological polar surface area (TPSA) is 34.2 Å². The molecular weight excluding hydrogens is 299 g/mol. The van der Waals surface area contributed by atoms with E-state index >= 15 is 0 Å². The fourth-order valence-electron chi connectivity index (χ4n) is 1.50. The van der Waals surface area contributed by atoms with E-state index in [1.807, 2.05) is 13.1 Å². The minimum absolute atomic E-state index is 0.316. The summed E-state index contributed by atoms with van der Waals surface area (Å²) in [5, 5.41) is 3.05. The van der Waals surface area contributed by atoms with E-state index in [1.54, 1.807) is 24.5 Å². The van der Waals surface area contributed by atoms with Crippen LogP contribution in [-0.2, 0) is 6.54 Å². The Bertz CT molecular complexity index is 548. The Morgan fingerprint density at radius 1 is 1.39 bits per heavy atom. The van der Waals surface area contributed by atoms with E-state index in [4.69, 9.17) is 4.74 Å². The molecule has 1 aromatic carbocycles. The van der Waals surface area contributed by atoms with Gasteiger partial charge < -0.3 is 10.1 Å². The highest BCUT2D eigenvalue weighted by Gasteiger charge is 2.06. The van der Waals surface area contributed by atoms with Gasteiger partial charge >= 0.3 is 0 Å². The van der Waals surface area contributed by atoms with Crippen LogP contribution in [0.3, 0.4) is 0 Å². The predicted molar refractivity (Wildman–Crippen MR) is 71.2 cm³/mol. The Morgan fingerprint density at radius 3 is 2.94 bits per heavy atom. The van der Waals surface area contributed by atoms with Gasteiger partial charge in [0.25, 0.3) is 0 Å². The van der Waals surface area contributed by atoms with Crippen LogP contribution in [0.15, 0.2) is 41.1 Å². The molecule has 0 aliphatic carbocycles. The molecule has 2 aromatic rings. The molecule has 0 aliphatic heterocycles. The highest BCUT2D eigenvalue weighted by molar-refractivity contribution is 9.10. The lowest BCUT2D eigenvalue weighted by Crippen LogP contribution is -2.06. The second kappa shape index (κ2) is 5.93. The number of hydrogen-bond donors (Lipinski definition) is 1. The van der Waals surface area contributed by atoms with E-state index in [2.05, 4.69) is 26.2 Å². The Kier molecular flexibility index (Phi) is 4.28. The molecule has 0 saturated heterocycles. The molecule has 1 aromatic heterocycles. The van der Waals surface area contributed by atoms with Crippen molar-refractivity contribution >= 4 is 15.9 Å². The van der Waals surface area contributed by atoms with Crippen LogP contribution in [0.4, 0.5) is 4.39 Å². The van der Waals surface area contributed by atoms with Crippen LogP contribution >= 0.6 is 15.9 Å². The Morgan fingerprint density at radius 2 is 2.22 bits per heavy atom. The summed E-state index contributed by atoms with van der Waals surface area (Å²) in [5.74, 6) is 0.906. The van der Waals surface area contributed by atoms with E-state index in [0.29, 0.717) is 22.5 Å². The number of nitrogens with one attached hydrogen (secondary N) is 1. The van der Waals surface area contributed by atoms with Crippen molar-refractivity contribution in [3.8, 4) is 11.5 Å². The van der Waals surface area contributed by atoms with Crippen molar-refractivity contribution in [2.24, 2.45) is 0 Å². The number of aromatic nitrogens is 1. The van der Waals surface area contributed by atoms with Crippen LogP contribution in [0.2, 0.25) is 0 Å². The molecule has 5 heteroatoms. The van der Waals surface area contributed by atoms with E-state index in [9.17, 15) is 4.39 Å². The number of benzene rings is 1. The number of hydrogen-bond acceptors (Lipinski definition) is 3. The van der Waals surface area contributed by atoms with Crippen molar-refractivity contribution in [2.75, 3.05) is 7.05 Å². The van der Waals surface area contributed by atoms with Crippen LogP contribution in [0.1, 0.15) is 5.56 Å². The van der Waals surface area contributed by atoms with Gasteiger partial charge in [-0.05, 0) is 47.2 Å². The van der Waals surface area contributed by atoms with Crippen LogP contribution < -0.4 is 10.1 Å². The third-order valence-electron chi connectivity index (χ3n) is 2.36. The summed E-state index contributed by atoms with van der Waals surface area (Å²) in [4.78, 5) is 4.03. The molecule has 0 unspecified atom stereocenters. The van der Waals surface area contributed by atoms with Crippen molar-refractivity contribution in [3.63, 3.8) is 0 Å². The van der Waals surface area contributed by atoms with Gasteiger partial charge in [-0.25, -0.2) is 4.39 Å². The van der Waals surface area contributed by atoms with Crippen molar-refractivity contribution < 1.29 is 9.13 Å². The number of pyridine rings is 1. The second-order valence-corrected chi connectivity index (χ2v) is 4.55. The lowest BCUT2D eigenvalue weighted by Gasteiger charge is -2.10. The maximum atomic E-state index is 13.1. The summed E-state index contributed by atoms with van der Waals surface area (Å²) < 4.78 is 19.2. The number of rotatable bonds is 4. The quantitative estimate of drug-likeness (QED) is 0.938. The molecule has 0 aliphatic rings. The molecule has 0 saturated carbocycles. The molecule has 0 amide bonds. The second-order valence-electron chi connectivity index (χ2n) is 3.69.